The summed E-state index contributed by atoms with van der Waals surface area (Å²) >= 11 is 1.65. The molecule has 1 heterocycles. The van der Waals surface area contributed by atoms with E-state index in [1.807, 2.05) is 30.5 Å². The highest BCUT2D eigenvalue weighted by molar-refractivity contribution is 7.98. The minimum absolute atomic E-state index is 0.216. The summed E-state index contributed by atoms with van der Waals surface area (Å²) in [5.74, 6) is -1.50. The third-order valence-electron chi connectivity index (χ3n) is 4.45. The number of carbonyl (C=O) groups is 3. The molecule has 1 amide bonds. The summed E-state index contributed by atoms with van der Waals surface area (Å²) < 4.78 is 10.2. The molecular formula is C21H26N2O5S. The first-order valence-electron chi connectivity index (χ1n) is 9.18. The van der Waals surface area contributed by atoms with Crippen molar-refractivity contribution in [1.29, 1.82) is 0 Å². The molecule has 1 aromatic heterocycles. The third kappa shape index (κ3) is 5.63. The zero-order valence-corrected chi connectivity index (χ0v) is 18.1. The molecule has 0 atom stereocenters. The average Bonchev–Trinajstić information content (AvgIpc) is 3.00. The number of aryl methyl sites for hydroxylation is 1. The van der Waals surface area contributed by atoms with E-state index in [-0.39, 0.29) is 30.4 Å². The molecule has 8 heteroatoms. The number of amides is 1. The molecule has 2 rings (SSSR count). The van der Waals surface area contributed by atoms with E-state index < -0.39 is 11.9 Å². The zero-order valence-electron chi connectivity index (χ0n) is 17.3. The second kappa shape index (κ2) is 10.2. The number of nitrogens with one attached hydrogen (secondary N) is 1. The summed E-state index contributed by atoms with van der Waals surface area (Å²) in [6.07, 6.45) is 2.00. The van der Waals surface area contributed by atoms with E-state index in [0.29, 0.717) is 17.8 Å². The molecule has 0 saturated carbocycles. The minimum Gasteiger partial charge on any atom is -0.461 e. The van der Waals surface area contributed by atoms with Gasteiger partial charge in [0.15, 0.2) is 6.61 Å². The molecule has 0 aliphatic heterocycles. The summed E-state index contributed by atoms with van der Waals surface area (Å²) in [7, 11) is 1.66. The van der Waals surface area contributed by atoms with Crippen molar-refractivity contribution in [3.05, 3.63) is 52.3 Å². The number of ether oxygens (including phenoxy) is 2. The molecule has 0 aliphatic rings. The lowest BCUT2D eigenvalue weighted by molar-refractivity contribution is -0.133. The van der Waals surface area contributed by atoms with Crippen LogP contribution in [0.5, 0.6) is 0 Å². The molecule has 0 radical (unpaired) electrons. The van der Waals surface area contributed by atoms with Crippen molar-refractivity contribution in [2.45, 2.75) is 32.2 Å². The number of hydrogen-bond acceptors (Lipinski definition) is 6. The Morgan fingerprint density at radius 3 is 2.31 bits per heavy atom. The van der Waals surface area contributed by atoms with Crippen LogP contribution < -0.4 is 0 Å². The topological polar surface area (TPSA) is 88.7 Å². The van der Waals surface area contributed by atoms with Crippen molar-refractivity contribution < 1.29 is 23.9 Å². The van der Waals surface area contributed by atoms with E-state index in [1.54, 1.807) is 39.6 Å². The van der Waals surface area contributed by atoms with Crippen molar-refractivity contribution in [1.82, 2.24) is 9.88 Å². The second-order valence-electron chi connectivity index (χ2n) is 6.52. The van der Waals surface area contributed by atoms with E-state index in [2.05, 4.69) is 4.98 Å². The molecule has 156 valence electrons. The number of aromatic nitrogens is 1. The van der Waals surface area contributed by atoms with Gasteiger partial charge in [0.1, 0.15) is 5.69 Å². The quantitative estimate of drug-likeness (QED) is 0.522. The molecule has 0 spiro atoms. The number of benzene rings is 1. The fourth-order valence-electron chi connectivity index (χ4n) is 2.87. The van der Waals surface area contributed by atoms with E-state index in [4.69, 9.17) is 9.47 Å². The van der Waals surface area contributed by atoms with Crippen molar-refractivity contribution in [2.24, 2.45) is 0 Å². The number of thioether (sulfide) groups is 1. The van der Waals surface area contributed by atoms with E-state index >= 15 is 0 Å². The lowest BCUT2D eigenvalue weighted by Gasteiger charge is -2.17. The fraction of sp³-hybridized carbons (Fsp3) is 0.381. The highest BCUT2D eigenvalue weighted by atomic mass is 32.2. The van der Waals surface area contributed by atoms with Crippen LogP contribution in [0.15, 0.2) is 29.2 Å². The van der Waals surface area contributed by atoms with Gasteiger partial charge < -0.3 is 19.4 Å². The van der Waals surface area contributed by atoms with Gasteiger partial charge in [-0.05, 0) is 50.3 Å². The van der Waals surface area contributed by atoms with E-state index in [9.17, 15) is 14.4 Å². The van der Waals surface area contributed by atoms with Gasteiger partial charge in [0.2, 0.25) is 0 Å². The minimum atomic E-state index is -0.655. The third-order valence-corrected chi connectivity index (χ3v) is 5.20. The maximum absolute atomic E-state index is 12.5. The Labute approximate surface area is 174 Å². The van der Waals surface area contributed by atoms with Gasteiger partial charge in [-0.25, -0.2) is 9.59 Å². The van der Waals surface area contributed by atoms with Gasteiger partial charge >= 0.3 is 11.9 Å². The van der Waals surface area contributed by atoms with Gasteiger partial charge in [0.25, 0.3) is 5.91 Å². The molecule has 0 fully saturated rings. The normalized spacial score (nSPS) is 10.5. The van der Waals surface area contributed by atoms with Gasteiger partial charge in [-0.3, -0.25) is 4.79 Å². The van der Waals surface area contributed by atoms with Crippen molar-refractivity contribution in [3.63, 3.8) is 0 Å². The average molecular weight is 419 g/mol. The Morgan fingerprint density at radius 1 is 1.07 bits per heavy atom. The van der Waals surface area contributed by atoms with E-state index in [0.717, 1.165) is 10.5 Å². The number of esters is 2. The number of likely N-dealkylation sites (N-methyl/N-ethyl adjacent to an activating group) is 1. The molecule has 1 aromatic carbocycles. The SMILES string of the molecule is CCOC(=O)c1[nH]c(C)c(C(=O)OCC(=O)N(C)Cc2ccc(SC)cc2)c1C. The van der Waals surface area contributed by atoms with Crippen molar-refractivity contribution in [2.75, 3.05) is 26.5 Å². The van der Waals surface area contributed by atoms with Gasteiger partial charge in [0.05, 0.1) is 12.2 Å². The molecular weight excluding hydrogens is 392 g/mol. The molecule has 0 aliphatic carbocycles. The number of hydrogen-bond donors (Lipinski definition) is 1. The van der Waals surface area contributed by atoms with Crippen LogP contribution in [-0.2, 0) is 20.8 Å². The van der Waals surface area contributed by atoms with Gasteiger partial charge in [-0.15, -0.1) is 11.8 Å². The highest BCUT2D eigenvalue weighted by Crippen LogP contribution is 2.20. The van der Waals surface area contributed by atoms with Gasteiger partial charge in [-0.1, -0.05) is 12.1 Å². The predicted molar refractivity (Wildman–Crippen MR) is 111 cm³/mol. The monoisotopic (exact) mass is 418 g/mol. The maximum atomic E-state index is 12.5. The largest absolute Gasteiger partial charge is 0.461 e. The first-order chi connectivity index (χ1) is 13.8. The molecule has 0 unspecified atom stereocenters. The van der Waals surface area contributed by atoms with Gasteiger partial charge in [-0.2, -0.15) is 0 Å². The number of H-pyrrole nitrogens is 1. The summed E-state index contributed by atoms with van der Waals surface area (Å²) in [6.45, 7) is 5.28. The van der Waals surface area contributed by atoms with Crippen molar-refractivity contribution >= 4 is 29.6 Å². The second-order valence-corrected chi connectivity index (χ2v) is 7.40. The Morgan fingerprint density at radius 2 is 1.72 bits per heavy atom. The van der Waals surface area contributed by atoms with Crippen LogP contribution in [0.25, 0.3) is 0 Å². The zero-order chi connectivity index (χ0) is 21.6. The molecule has 2 aromatic rings. The van der Waals surface area contributed by atoms with Gasteiger partial charge in [0, 0.05) is 24.2 Å². The smallest absolute Gasteiger partial charge is 0.355 e. The number of carbonyl (C=O) groups excluding carboxylic acids is 3. The first-order valence-corrected chi connectivity index (χ1v) is 10.4. The lowest BCUT2D eigenvalue weighted by Crippen LogP contribution is -2.31. The molecule has 0 bridgehead atoms. The number of nitrogens with zero attached hydrogens (tertiary/aromatic N) is 1. The number of rotatable bonds is 8. The Balaban J connectivity index is 1.97. The highest BCUT2D eigenvalue weighted by Gasteiger charge is 2.24. The van der Waals surface area contributed by atoms with Crippen LogP contribution in [0.2, 0.25) is 0 Å². The first kappa shape index (κ1) is 22.5. The fourth-order valence-corrected chi connectivity index (χ4v) is 3.27. The standard InChI is InChI=1S/C21H26N2O5S/c1-6-27-21(26)19-13(2)18(14(3)22-19)20(25)28-12-17(24)23(4)11-15-7-9-16(29-5)10-8-15/h7-10,22H,6,11-12H2,1-5H3. The van der Waals surface area contributed by atoms with Crippen molar-refractivity contribution in [3.8, 4) is 0 Å². The predicted octanol–water partition coefficient (Wildman–Crippen LogP) is 3.35. The summed E-state index contributed by atoms with van der Waals surface area (Å²) in [5.41, 5.74) is 2.39. The Bertz CT molecular complexity index is 889. The molecule has 0 saturated heterocycles. The van der Waals surface area contributed by atoms with Crippen LogP contribution in [0.1, 0.15) is 44.6 Å². The van der Waals surface area contributed by atoms with Crippen LogP contribution in [-0.4, -0.2) is 54.2 Å². The Hall–Kier alpha value is -2.74. The van der Waals surface area contributed by atoms with Crippen LogP contribution in [0.4, 0.5) is 0 Å². The van der Waals surface area contributed by atoms with Crippen LogP contribution in [0.3, 0.4) is 0 Å². The number of aromatic amines is 1. The van der Waals surface area contributed by atoms with E-state index in [1.165, 1.54) is 4.90 Å². The maximum Gasteiger partial charge on any atom is 0.355 e. The summed E-state index contributed by atoms with van der Waals surface area (Å²) in [5, 5.41) is 0. The molecule has 1 N–H and O–H groups in total. The van der Waals surface area contributed by atoms with Crippen LogP contribution in [0, 0.1) is 13.8 Å². The molecule has 7 nitrogen and oxygen atoms in total. The lowest BCUT2D eigenvalue weighted by atomic mass is 10.1. The Kier molecular flexibility index (Phi) is 7.90. The summed E-state index contributed by atoms with van der Waals surface area (Å²) in [6, 6.07) is 7.92. The molecule has 29 heavy (non-hydrogen) atoms. The van der Waals surface area contributed by atoms with Crippen LogP contribution >= 0.6 is 11.8 Å². The summed E-state index contributed by atoms with van der Waals surface area (Å²) in [4.78, 5) is 42.3.